The lowest BCUT2D eigenvalue weighted by Gasteiger charge is -2.28. The van der Waals surface area contributed by atoms with Gasteiger partial charge in [-0.3, -0.25) is 4.79 Å². The minimum absolute atomic E-state index is 0.0117. The molecular weight excluding hydrogens is 467 g/mol. The molecule has 37 heavy (non-hydrogen) atoms. The van der Waals surface area contributed by atoms with E-state index in [2.05, 4.69) is 91.0 Å². The van der Waals surface area contributed by atoms with E-state index >= 15 is 0 Å². The van der Waals surface area contributed by atoms with Crippen LogP contribution >= 0.6 is 7.26 Å². The van der Waals surface area contributed by atoms with Gasteiger partial charge in [-0.25, -0.2) is 0 Å². The summed E-state index contributed by atoms with van der Waals surface area (Å²) in [6, 6.07) is 51.7. The molecule has 0 radical (unpaired) electrons. The van der Waals surface area contributed by atoms with Crippen LogP contribution in [-0.4, -0.2) is 5.78 Å². The number of allylic oxidation sites excluding steroid dienone is 2. The molecule has 1 nitrogen and oxygen atoms in total. The van der Waals surface area contributed by atoms with Crippen molar-refractivity contribution in [1.82, 2.24) is 0 Å². The van der Waals surface area contributed by atoms with Crippen molar-refractivity contribution in [1.29, 1.82) is 0 Å². The average Bonchev–Trinajstić information content (AvgIpc) is 2.98. The lowest BCUT2D eigenvalue weighted by atomic mass is 10.1. The molecular formula is C35H28OP+. The zero-order chi connectivity index (χ0) is 25.3. The van der Waals surface area contributed by atoms with Crippen LogP contribution in [0.25, 0.3) is 12.2 Å². The first-order valence-electron chi connectivity index (χ1n) is 12.4. The van der Waals surface area contributed by atoms with Crippen LogP contribution in [0.2, 0.25) is 0 Å². The van der Waals surface area contributed by atoms with Gasteiger partial charge < -0.3 is 0 Å². The maximum Gasteiger partial charge on any atom is 0.221 e. The second-order valence-electron chi connectivity index (χ2n) is 8.73. The Hall–Kier alpha value is -4.32. The molecule has 5 rings (SSSR count). The first kappa shape index (κ1) is 24.4. The number of benzene rings is 5. The largest absolute Gasteiger partial charge is 0.285 e. The summed E-state index contributed by atoms with van der Waals surface area (Å²) in [6.07, 6.45) is 5.74. The molecule has 0 aliphatic rings. The van der Waals surface area contributed by atoms with Gasteiger partial charge in [0.2, 0.25) is 5.78 Å². The molecule has 5 aromatic carbocycles. The molecule has 0 aromatic heterocycles. The van der Waals surface area contributed by atoms with Crippen LogP contribution in [-0.2, 0) is 4.79 Å². The van der Waals surface area contributed by atoms with Crippen LogP contribution in [0, 0.1) is 0 Å². The van der Waals surface area contributed by atoms with Gasteiger partial charge in [0.15, 0.2) is 5.31 Å². The molecule has 0 N–H and O–H groups in total. The highest BCUT2D eigenvalue weighted by molar-refractivity contribution is 8.00. The van der Waals surface area contributed by atoms with E-state index in [9.17, 15) is 4.79 Å². The Morgan fingerprint density at radius 1 is 0.459 bits per heavy atom. The molecule has 0 heterocycles. The van der Waals surface area contributed by atoms with E-state index in [1.165, 1.54) is 0 Å². The number of carbonyl (C=O) groups excluding carboxylic acids is 1. The van der Waals surface area contributed by atoms with Crippen molar-refractivity contribution in [2.24, 2.45) is 0 Å². The second kappa shape index (κ2) is 11.6. The number of hydrogen-bond donors (Lipinski definition) is 0. The van der Waals surface area contributed by atoms with Gasteiger partial charge in [-0.2, -0.15) is 0 Å². The van der Waals surface area contributed by atoms with Crippen LogP contribution in [0.3, 0.4) is 0 Å². The van der Waals surface area contributed by atoms with E-state index < -0.39 is 7.26 Å². The fourth-order valence-corrected chi connectivity index (χ4v) is 9.02. The molecule has 0 aliphatic carbocycles. The number of rotatable bonds is 8. The van der Waals surface area contributed by atoms with E-state index in [-0.39, 0.29) is 5.78 Å². The predicted octanol–water partition coefficient (Wildman–Crippen LogP) is 7.30. The van der Waals surface area contributed by atoms with Gasteiger partial charge in [-0.15, -0.1) is 0 Å². The monoisotopic (exact) mass is 495 g/mol. The molecule has 5 aromatic rings. The molecule has 0 amide bonds. The summed E-state index contributed by atoms with van der Waals surface area (Å²) < 4.78 is 0. The summed E-state index contributed by atoms with van der Waals surface area (Å²) in [7, 11) is -2.55. The van der Waals surface area contributed by atoms with Gasteiger partial charge in [0.1, 0.15) is 23.2 Å². The quantitative estimate of drug-likeness (QED) is 0.163. The topological polar surface area (TPSA) is 17.1 Å². The molecule has 0 aliphatic heterocycles. The highest BCUT2D eigenvalue weighted by Gasteiger charge is 2.51. The molecule has 178 valence electrons. The van der Waals surface area contributed by atoms with Crippen LogP contribution in [0.1, 0.15) is 11.1 Å². The summed E-state index contributed by atoms with van der Waals surface area (Å²) in [5.41, 5.74) is 2.00. The fourth-order valence-electron chi connectivity index (χ4n) is 4.68. The smallest absolute Gasteiger partial charge is 0.221 e. The Labute approximate surface area is 219 Å². The van der Waals surface area contributed by atoms with E-state index in [0.717, 1.165) is 32.4 Å². The Bertz CT molecular complexity index is 1390. The van der Waals surface area contributed by atoms with Crippen molar-refractivity contribution in [3.63, 3.8) is 0 Å². The van der Waals surface area contributed by atoms with Crippen molar-refractivity contribution in [2.75, 3.05) is 0 Å². The Morgan fingerprint density at radius 2 is 0.811 bits per heavy atom. The van der Waals surface area contributed by atoms with Crippen molar-refractivity contribution < 1.29 is 4.79 Å². The van der Waals surface area contributed by atoms with Gasteiger partial charge >= 0.3 is 0 Å². The van der Waals surface area contributed by atoms with Crippen molar-refractivity contribution in [2.45, 2.75) is 0 Å². The number of carbonyl (C=O) groups is 1. The Balaban J connectivity index is 1.83. The maximum atomic E-state index is 14.4. The molecule has 0 atom stereocenters. The van der Waals surface area contributed by atoms with Gasteiger partial charge in [0.25, 0.3) is 0 Å². The first-order chi connectivity index (χ1) is 18.3. The van der Waals surface area contributed by atoms with Crippen molar-refractivity contribution in [3.05, 3.63) is 174 Å². The van der Waals surface area contributed by atoms with Gasteiger partial charge in [0.05, 0.1) is 0 Å². The Kier molecular flexibility index (Phi) is 7.65. The fraction of sp³-hybridized carbons (Fsp3) is 0. The van der Waals surface area contributed by atoms with Crippen LogP contribution in [0.4, 0.5) is 0 Å². The van der Waals surface area contributed by atoms with E-state index in [1.54, 1.807) is 6.08 Å². The summed E-state index contributed by atoms with van der Waals surface area (Å²) >= 11 is 0. The van der Waals surface area contributed by atoms with E-state index in [0.29, 0.717) is 0 Å². The average molecular weight is 496 g/mol. The third-order valence-electron chi connectivity index (χ3n) is 6.37. The third-order valence-corrected chi connectivity index (χ3v) is 10.7. The second-order valence-corrected chi connectivity index (χ2v) is 12.1. The minimum Gasteiger partial charge on any atom is -0.285 e. The van der Waals surface area contributed by atoms with Crippen LogP contribution in [0.15, 0.2) is 163 Å². The zero-order valence-electron chi connectivity index (χ0n) is 20.5. The first-order valence-corrected chi connectivity index (χ1v) is 14.2. The van der Waals surface area contributed by atoms with Crippen LogP contribution in [0.5, 0.6) is 0 Å². The van der Waals surface area contributed by atoms with Crippen LogP contribution < -0.4 is 15.9 Å². The lowest BCUT2D eigenvalue weighted by molar-refractivity contribution is -0.110. The predicted molar refractivity (Wildman–Crippen MR) is 160 cm³/mol. The summed E-state index contributed by atoms with van der Waals surface area (Å²) in [6.45, 7) is 0. The third kappa shape index (κ3) is 5.28. The SMILES string of the molecule is O=C(C=Cc1ccccc1)C(=Cc1ccccc1)[P+](c1ccccc1)(c1ccccc1)c1ccccc1. The number of ketones is 1. The normalized spacial score (nSPS) is 11.9. The summed E-state index contributed by atoms with van der Waals surface area (Å²) in [5.74, 6) is 0.0117. The minimum atomic E-state index is -2.55. The maximum absolute atomic E-state index is 14.4. The molecule has 0 fully saturated rings. The number of hydrogen-bond acceptors (Lipinski definition) is 1. The van der Waals surface area contributed by atoms with E-state index in [1.807, 2.05) is 72.8 Å². The van der Waals surface area contributed by atoms with Crippen molar-refractivity contribution >= 4 is 41.1 Å². The standard InChI is InChI=1S/C35H28OP/c36-34(27-26-29-16-6-1-7-17-29)35(28-30-18-8-2-9-19-30)37(31-20-10-3-11-21-31,32-22-12-4-13-23-32)33-24-14-5-15-25-33/h1-28H/q+1. The highest BCUT2D eigenvalue weighted by Crippen LogP contribution is 2.63. The summed E-state index contributed by atoms with van der Waals surface area (Å²) in [5, 5.41) is 4.25. The van der Waals surface area contributed by atoms with Gasteiger partial charge in [-0.05, 0) is 59.7 Å². The molecule has 2 heteroatoms. The zero-order valence-corrected chi connectivity index (χ0v) is 21.4. The van der Waals surface area contributed by atoms with Gasteiger partial charge in [0, 0.05) is 0 Å². The Morgan fingerprint density at radius 3 is 1.22 bits per heavy atom. The van der Waals surface area contributed by atoms with E-state index in [4.69, 9.17) is 0 Å². The lowest BCUT2D eigenvalue weighted by Crippen LogP contribution is -2.34. The molecule has 0 saturated carbocycles. The molecule has 0 spiro atoms. The molecule has 0 bridgehead atoms. The molecule has 0 saturated heterocycles. The van der Waals surface area contributed by atoms with Gasteiger partial charge in [-0.1, -0.05) is 121 Å². The van der Waals surface area contributed by atoms with Crippen molar-refractivity contribution in [3.8, 4) is 0 Å². The summed E-state index contributed by atoms with van der Waals surface area (Å²) in [4.78, 5) is 14.4. The molecule has 0 unspecified atom stereocenters. The highest BCUT2D eigenvalue weighted by atomic mass is 31.2.